The number of carbonyl (C=O) groups excluding carboxylic acids is 1. The Morgan fingerprint density at radius 2 is 2.04 bits per heavy atom. The molecule has 1 aliphatic carbocycles. The molecule has 5 heteroatoms. The highest BCUT2D eigenvalue weighted by Gasteiger charge is 2.31. The van der Waals surface area contributed by atoms with Gasteiger partial charge in [-0.1, -0.05) is 32.6 Å². The Hall–Kier alpha value is -1.91. The van der Waals surface area contributed by atoms with Crippen LogP contribution >= 0.6 is 0 Å². The number of fused-ring (bicyclic) bond motifs is 1. The molecular weight excluding hydrogens is 329 g/mol. The maximum Gasteiger partial charge on any atom is 0.224 e. The molecule has 140 valence electrons. The van der Waals surface area contributed by atoms with E-state index >= 15 is 0 Å². The number of carbonyl (C=O) groups is 1. The van der Waals surface area contributed by atoms with Crippen LogP contribution in [-0.2, 0) is 11.5 Å². The van der Waals surface area contributed by atoms with Crippen LogP contribution in [0.4, 0.5) is 4.39 Å². The quantitative estimate of drug-likeness (QED) is 0.769. The zero-order valence-corrected chi connectivity index (χ0v) is 15.6. The molecule has 0 N–H and O–H groups in total. The van der Waals surface area contributed by atoms with Gasteiger partial charge in [0.05, 0.1) is 17.7 Å². The molecular formula is C21H28FN3O. The maximum atomic E-state index is 13.7. The lowest BCUT2D eigenvalue weighted by atomic mass is 9.88. The van der Waals surface area contributed by atoms with E-state index in [1.54, 1.807) is 0 Å². The molecule has 2 fully saturated rings. The first-order valence-corrected chi connectivity index (χ1v) is 10.1. The molecule has 1 aromatic carbocycles. The number of likely N-dealkylation sites (tertiary alicyclic amines) is 1. The highest BCUT2D eigenvalue weighted by atomic mass is 19.1. The minimum atomic E-state index is -0.252. The van der Waals surface area contributed by atoms with Crippen LogP contribution in [0.1, 0.15) is 70.0 Å². The number of amides is 1. The minimum Gasteiger partial charge on any atom is -0.324 e. The van der Waals surface area contributed by atoms with Crippen molar-refractivity contribution in [2.24, 2.45) is 5.92 Å². The molecule has 1 saturated heterocycles. The summed E-state index contributed by atoms with van der Waals surface area (Å²) in [6, 6.07) is 4.83. The summed E-state index contributed by atoms with van der Waals surface area (Å²) >= 11 is 0. The van der Waals surface area contributed by atoms with Crippen molar-refractivity contribution in [1.29, 1.82) is 0 Å². The number of benzene rings is 1. The molecule has 0 bridgehead atoms. The Balaban J connectivity index is 1.67. The van der Waals surface area contributed by atoms with Gasteiger partial charge in [0.15, 0.2) is 0 Å². The van der Waals surface area contributed by atoms with Gasteiger partial charge in [-0.3, -0.25) is 4.79 Å². The van der Waals surface area contributed by atoms with Gasteiger partial charge in [0, 0.05) is 24.9 Å². The number of aromatic nitrogens is 2. The number of nitrogens with zero attached hydrogens (tertiary/aromatic N) is 3. The monoisotopic (exact) mass is 357 g/mol. The van der Waals surface area contributed by atoms with E-state index in [2.05, 4.69) is 11.5 Å². The Kier molecular flexibility index (Phi) is 4.96. The summed E-state index contributed by atoms with van der Waals surface area (Å²) < 4.78 is 15.9. The molecule has 26 heavy (non-hydrogen) atoms. The predicted octanol–water partition coefficient (Wildman–Crippen LogP) is 4.83. The SMILES string of the molecule is CCCC1CC(=O)N(Cn2c(C3CCCCC3)nc3cc(F)ccc32)C1. The molecule has 0 radical (unpaired) electrons. The molecule has 2 aliphatic rings. The fourth-order valence-electron chi connectivity index (χ4n) is 4.71. The van der Waals surface area contributed by atoms with Crippen molar-refractivity contribution in [1.82, 2.24) is 14.5 Å². The average molecular weight is 357 g/mol. The van der Waals surface area contributed by atoms with Crippen molar-refractivity contribution in [3.05, 3.63) is 29.8 Å². The second-order valence-electron chi connectivity index (χ2n) is 7.98. The average Bonchev–Trinajstić information content (AvgIpc) is 3.16. The van der Waals surface area contributed by atoms with E-state index in [1.165, 1.54) is 31.4 Å². The van der Waals surface area contributed by atoms with Gasteiger partial charge in [-0.15, -0.1) is 0 Å². The van der Waals surface area contributed by atoms with Crippen molar-refractivity contribution < 1.29 is 9.18 Å². The number of imidazole rings is 1. The molecule has 1 aliphatic heterocycles. The van der Waals surface area contributed by atoms with Crippen LogP contribution in [0.5, 0.6) is 0 Å². The number of rotatable bonds is 5. The van der Waals surface area contributed by atoms with Crippen LogP contribution in [0, 0.1) is 11.7 Å². The van der Waals surface area contributed by atoms with Gasteiger partial charge >= 0.3 is 0 Å². The summed E-state index contributed by atoms with van der Waals surface area (Å²) in [5.41, 5.74) is 1.65. The maximum absolute atomic E-state index is 13.7. The summed E-state index contributed by atoms with van der Waals surface area (Å²) in [7, 11) is 0. The fourth-order valence-corrected chi connectivity index (χ4v) is 4.71. The molecule has 2 aromatic rings. The van der Waals surface area contributed by atoms with E-state index in [-0.39, 0.29) is 11.7 Å². The van der Waals surface area contributed by atoms with Gasteiger partial charge in [0.25, 0.3) is 0 Å². The van der Waals surface area contributed by atoms with Crippen LogP contribution in [0.25, 0.3) is 11.0 Å². The predicted molar refractivity (Wildman–Crippen MR) is 100 cm³/mol. The van der Waals surface area contributed by atoms with Gasteiger partial charge in [-0.25, -0.2) is 9.37 Å². The van der Waals surface area contributed by atoms with Crippen LogP contribution in [0.15, 0.2) is 18.2 Å². The van der Waals surface area contributed by atoms with Gasteiger partial charge in [0.2, 0.25) is 5.91 Å². The highest BCUT2D eigenvalue weighted by Crippen LogP contribution is 2.35. The standard InChI is InChI=1S/C21H28FN3O/c1-2-6-15-11-20(26)24(13-15)14-25-19-10-9-17(22)12-18(19)23-21(25)16-7-4-3-5-8-16/h9-10,12,15-16H,2-8,11,13-14H2,1H3. The topological polar surface area (TPSA) is 38.1 Å². The lowest BCUT2D eigenvalue weighted by molar-refractivity contribution is -0.129. The molecule has 1 aromatic heterocycles. The lowest BCUT2D eigenvalue weighted by Gasteiger charge is -2.25. The molecule has 1 atom stereocenters. The molecule has 1 unspecified atom stereocenters. The summed E-state index contributed by atoms with van der Waals surface area (Å²) in [6.45, 7) is 3.55. The number of hydrogen-bond donors (Lipinski definition) is 0. The number of hydrogen-bond acceptors (Lipinski definition) is 2. The third-order valence-corrected chi connectivity index (χ3v) is 6.01. The highest BCUT2D eigenvalue weighted by molar-refractivity contribution is 5.79. The normalized spacial score (nSPS) is 21.8. The van der Waals surface area contributed by atoms with E-state index in [4.69, 9.17) is 4.98 Å². The first-order chi connectivity index (χ1) is 12.7. The summed E-state index contributed by atoms with van der Waals surface area (Å²) in [5.74, 6) is 1.91. The van der Waals surface area contributed by atoms with E-state index in [0.29, 0.717) is 30.4 Å². The Morgan fingerprint density at radius 3 is 2.81 bits per heavy atom. The van der Waals surface area contributed by atoms with Crippen molar-refractivity contribution in [2.75, 3.05) is 6.54 Å². The summed E-state index contributed by atoms with van der Waals surface area (Å²) in [6.07, 6.45) is 8.89. The first kappa shape index (κ1) is 17.5. The molecule has 4 rings (SSSR count). The first-order valence-electron chi connectivity index (χ1n) is 10.1. The van der Waals surface area contributed by atoms with Gasteiger partial charge in [-0.05, 0) is 37.3 Å². The molecule has 2 heterocycles. The van der Waals surface area contributed by atoms with Gasteiger partial charge < -0.3 is 9.47 Å². The van der Waals surface area contributed by atoms with Crippen LogP contribution < -0.4 is 0 Å². The second-order valence-corrected chi connectivity index (χ2v) is 7.98. The van der Waals surface area contributed by atoms with E-state index in [1.807, 2.05) is 11.0 Å². The van der Waals surface area contributed by atoms with E-state index in [9.17, 15) is 9.18 Å². The van der Waals surface area contributed by atoms with Crippen molar-refractivity contribution in [2.45, 2.75) is 70.9 Å². The van der Waals surface area contributed by atoms with Crippen molar-refractivity contribution in [3.63, 3.8) is 0 Å². The second kappa shape index (κ2) is 7.37. The third kappa shape index (κ3) is 3.36. The lowest BCUT2D eigenvalue weighted by Crippen LogP contribution is -2.29. The Labute approximate surface area is 154 Å². The smallest absolute Gasteiger partial charge is 0.224 e. The van der Waals surface area contributed by atoms with Crippen LogP contribution in [-0.4, -0.2) is 26.9 Å². The van der Waals surface area contributed by atoms with Gasteiger partial charge in [0.1, 0.15) is 11.6 Å². The van der Waals surface area contributed by atoms with Crippen molar-refractivity contribution in [3.8, 4) is 0 Å². The molecule has 4 nitrogen and oxygen atoms in total. The third-order valence-electron chi connectivity index (χ3n) is 6.01. The Morgan fingerprint density at radius 1 is 1.23 bits per heavy atom. The fraction of sp³-hybridized carbons (Fsp3) is 0.619. The van der Waals surface area contributed by atoms with Crippen molar-refractivity contribution >= 4 is 16.9 Å². The zero-order chi connectivity index (χ0) is 18.1. The summed E-state index contributed by atoms with van der Waals surface area (Å²) in [5, 5.41) is 0. The van der Waals surface area contributed by atoms with Crippen LogP contribution in [0.2, 0.25) is 0 Å². The Bertz CT molecular complexity index is 794. The van der Waals surface area contributed by atoms with E-state index in [0.717, 1.165) is 43.6 Å². The largest absolute Gasteiger partial charge is 0.324 e. The van der Waals surface area contributed by atoms with E-state index < -0.39 is 0 Å². The summed E-state index contributed by atoms with van der Waals surface area (Å²) in [4.78, 5) is 19.3. The zero-order valence-electron chi connectivity index (χ0n) is 15.6. The molecule has 0 spiro atoms. The molecule has 1 amide bonds. The van der Waals surface area contributed by atoms with Gasteiger partial charge in [-0.2, -0.15) is 0 Å². The van der Waals surface area contributed by atoms with Crippen LogP contribution in [0.3, 0.4) is 0 Å². The number of halogens is 1. The molecule has 1 saturated carbocycles. The minimum absolute atomic E-state index is 0.238.